The van der Waals surface area contributed by atoms with E-state index in [1.54, 1.807) is 18.2 Å². The topological polar surface area (TPSA) is 96.1 Å². The second-order valence-electron chi connectivity index (χ2n) is 6.85. The number of carbonyl (C=O) groups is 2. The normalized spacial score (nSPS) is 13.0. The van der Waals surface area contributed by atoms with Gasteiger partial charge in [0.15, 0.2) is 17.3 Å². The average Bonchev–Trinajstić information content (AvgIpc) is 3.25. The Morgan fingerprint density at radius 1 is 0.844 bits per heavy atom. The van der Waals surface area contributed by atoms with Crippen LogP contribution in [0.2, 0.25) is 20.1 Å². The van der Waals surface area contributed by atoms with Crippen LogP contribution < -0.4 is 0 Å². The van der Waals surface area contributed by atoms with Gasteiger partial charge in [-0.2, -0.15) is 5.26 Å². The molecule has 2 aromatic carbocycles. The van der Waals surface area contributed by atoms with Crippen LogP contribution in [0, 0.1) is 11.3 Å². The minimum atomic E-state index is -0.340. The Bertz CT molecular complexity index is 1400. The zero-order valence-corrected chi connectivity index (χ0v) is 19.1. The fourth-order valence-electron chi connectivity index (χ4n) is 3.45. The molecule has 158 valence electrons. The molecule has 10 heteroatoms. The van der Waals surface area contributed by atoms with Gasteiger partial charge in [0, 0.05) is 23.1 Å². The first-order chi connectivity index (χ1) is 15.2. The highest BCUT2D eigenvalue weighted by Gasteiger charge is 2.32. The number of hydrogen-bond acceptors (Lipinski definition) is 6. The lowest BCUT2D eigenvalue weighted by molar-refractivity contribution is 0.0993. The standard InChI is InChI=1S/C13H4Cl2N4O.C9H6Cl2O/c1-17-13-9(4-16)18-11-10(19-13)5-2-7(14)8(15)3-6(5)12(11)20;10-7-3-5-1-2-9(12)6(5)4-8(7)11/h2-3H,1H2;3-4H,1-2H2. The molecule has 1 heterocycles. The van der Waals surface area contributed by atoms with Gasteiger partial charge >= 0.3 is 0 Å². The van der Waals surface area contributed by atoms with Crippen molar-refractivity contribution in [1.29, 1.82) is 5.26 Å². The Morgan fingerprint density at radius 2 is 1.44 bits per heavy atom. The van der Waals surface area contributed by atoms with Crippen molar-refractivity contribution in [2.45, 2.75) is 12.8 Å². The zero-order valence-electron chi connectivity index (χ0n) is 16.0. The van der Waals surface area contributed by atoms with Crippen LogP contribution in [-0.2, 0) is 6.42 Å². The molecule has 0 radical (unpaired) electrons. The van der Waals surface area contributed by atoms with Gasteiger partial charge in [-0.1, -0.05) is 46.4 Å². The van der Waals surface area contributed by atoms with Crippen LogP contribution in [0.25, 0.3) is 11.3 Å². The Kier molecular flexibility index (Phi) is 6.02. The van der Waals surface area contributed by atoms with Gasteiger partial charge in [-0.15, -0.1) is 0 Å². The molecule has 6 nitrogen and oxygen atoms in total. The first-order valence-electron chi connectivity index (χ1n) is 9.09. The molecular weight excluding hydrogens is 494 g/mol. The molecule has 0 bridgehead atoms. The maximum absolute atomic E-state index is 12.3. The molecule has 2 aliphatic carbocycles. The molecule has 0 aliphatic heterocycles. The largest absolute Gasteiger partial charge is 0.294 e. The number of hydrogen-bond donors (Lipinski definition) is 0. The monoisotopic (exact) mass is 502 g/mol. The average molecular weight is 504 g/mol. The van der Waals surface area contributed by atoms with Gasteiger partial charge in [0.25, 0.3) is 0 Å². The first kappa shape index (κ1) is 22.4. The van der Waals surface area contributed by atoms with E-state index in [2.05, 4.69) is 21.7 Å². The smallest absolute Gasteiger partial charge is 0.214 e. The lowest BCUT2D eigenvalue weighted by Crippen LogP contribution is -2.01. The minimum Gasteiger partial charge on any atom is -0.294 e. The lowest BCUT2D eigenvalue weighted by atomic mass is 10.1. The number of halogens is 4. The number of aryl methyl sites for hydroxylation is 1. The predicted octanol–water partition coefficient (Wildman–Crippen LogP) is 6.32. The van der Waals surface area contributed by atoms with Crippen molar-refractivity contribution < 1.29 is 9.59 Å². The number of rotatable bonds is 1. The number of Topliss-reactive ketones (excluding diaryl/α,β-unsaturated/α-hetero) is 1. The third kappa shape index (κ3) is 3.78. The summed E-state index contributed by atoms with van der Waals surface area (Å²) >= 11 is 23.4. The van der Waals surface area contributed by atoms with Crippen LogP contribution in [-0.4, -0.2) is 28.3 Å². The summed E-state index contributed by atoms with van der Waals surface area (Å²) in [6.45, 7) is 3.34. The molecule has 0 amide bonds. The summed E-state index contributed by atoms with van der Waals surface area (Å²) in [5, 5.41) is 10.6. The van der Waals surface area contributed by atoms with E-state index >= 15 is 0 Å². The summed E-state index contributed by atoms with van der Waals surface area (Å²) in [6, 6.07) is 8.30. The zero-order chi connectivity index (χ0) is 23.2. The van der Waals surface area contributed by atoms with Gasteiger partial charge in [-0.25, -0.2) is 15.0 Å². The fourth-order valence-corrected chi connectivity index (χ4v) is 4.13. The van der Waals surface area contributed by atoms with Gasteiger partial charge in [-0.3, -0.25) is 9.59 Å². The van der Waals surface area contributed by atoms with Crippen molar-refractivity contribution in [3.8, 4) is 17.3 Å². The number of fused-ring (bicyclic) bond motifs is 4. The van der Waals surface area contributed by atoms with E-state index in [1.165, 1.54) is 6.07 Å². The van der Waals surface area contributed by atoms with Gasteiger partial charge in [0.1, 0.15) is 17.5 Å². The van der Waals surface area contributed by atoms with Gasteiger partial charge < -0.3 is 0 Å². The summed E-state index contributed by atoms with van der Waals surface area (Å²) in [4.78, 5) is 35.3. The number of ketones is 2. The molecule has 32 heavy (non-hydrogen) atoms. The highest BCUT2D eigenvalue weighted by Crippen LogP contribution is 2.40. The van der Waals surface area contributed by atoms with E-state index in [9.17, 15) is 9.59 Å². The van der Waals surface area contributed by atoms with Crippen molar-refractivity contribution >= 4 is 70.5 Å². The number of nitriles is 1. The van der Waals surface area contributed by atoms with E-state index < -0.39 is 0 Å². The molecule has 1 aromatic heterocycles. The van der Waals surface area contributed by atoms with Crippen LogP contribution in [0.3, 0.4) is 0 Å². The van der Waals surface area contributed by atoms with Gasteiger partial charge in [0.05, 0.1) is 20.1 Å². The molecular formula is C22H10Cl4N4O2. The second kappa shape index (κ2) is 8.61. The van der Waals surface area contributed by atoms with Crippen LogP contribution in [0.1, 0.15) is 44.1 Å². The Morgan fingerprint density at radius 3 is 2.06 bits per heavy atom. The number of aliphatic imine (C=N–C) groups is 1. The van der Waals surface area contributed by atoms with E-state index in [0.717, 1.165) is 17.5 Å². The van der Waals surface area contributed by atoms with Crippen LogP contribution in [0.15, 0.2) is 29.3 Å². The number of benzene rings is 2. The summed E-state index contributed by atoms with van der Waals surface area (Å²) < 4.78 is 0. The second-order valence-corrected chi connectivity index (χ2v) is 8.48. The molecule has 0 fully saturated rings. The Balaban J connectivity index is 0.000000174. The molecule has 3 aromatic rings. The van der Waals surface area contributed by atoms with Crippen molar-refractivity contribution in [2.75, 3.05) is 0 Å². The van der Waals surface area contributed by atoms with Crippen LogP contribution >= 0.6 is 46.4 Å². The van der Waals surface area contributed by atoms with Gasteiger partial charge in [-0.05, 0) is 43.0 Å². The highest BCUT2D eigenvalue weighted by atomic mass is 35.5. The quantitative estimate of drug-likeness (QED) is 0.283. The van der Waals surface area contributed by atoms with E-state index in [1.807, 2.05) is 6.07 Å². The van der Waals surface area contributed by atoms with Crippen molar-refractivity contribution in [2.24, 2.45) is 4.99 Å². The Labute approximate surface area is 202 Å². The summed E-state index contributed by atoms with van der Waals surface area (Å²) in [5.41, 5.74) is 3.05. The third-order valence-corrected chi connectivity index (χ3v) is 6.42. The van der Waals surface area contributed by atoms with E-state index in [0.29, 0.717) is 38.3 Å². The summed E-state index contributed by atoms with van der Waals surface area (Å²) in [5.74, 6) is -0.0882. The Hall–Kier alpha value is -2.82. The maximum atomic E-state index is 12.3. The highest BCUT2D eigenvalue weighted by molar-refractivity contribution is 6.43. The number of aromatic nitrogens is 2. The molecule has 0 spiro atoms. The van der Waals surface area contributed by atoms with E-state index in [-0.39, 0.29) is 33.8 Å². The fraction of sp³-hybridized carbons (Fsp3) is 0.0909. The SMILES string of the molecule is C=Nc1nc2c(nc1C#N)C(=O)c1cc(Cl)c(Cl)cc1-2.O=C1CCc2cc(Cl)c(Cl)cc21. The van der Waals surface area contributed by atoms with Crippen LogP contribution in [0.5, 0.6) is 0 Å². The number of nitrogens with zero attached hydrogens (tertiary/aromatic N) is 4. The molecule has 2 aliphatic rings. The van der Waals surface area contributed by atoms with E-state index in [4.69, 9.17) is 51.7 Å². The molecule has 0 atom stereocenters. The van der Waals surface area contributed by atoms with Crippen molar-refractivity contribution in [1.82, 2.24) is 9.97 Å². The third-order valence-electron chi connectivity index (χ3n) is 4.98. The van der Waals surface area contributed by atoms with Crippen molar-refractivity contribution in [3.05, 3.63) is 72.4 Å². The predicted molar refractivity (Wildman–Crippen MR) is 124 cm³/mol. The maximum Gasteiger partial charge on any atom is 0.214 e. The molecule has 0 saturated heterocycles. The van der Waals surface area contributed by atoms with Crippen LogP contribution in [0.4, 0.5) is 5.82 Å². The summed E-state index contributed by atoms with van der Waals surface area (Å²) in [7, 11) is 0. The molecule has 0 saturated carbocycles. The molecule has 5 rings (SSSR count). The van der Waals surface area contributed by atoms with Gasteiger partial charge in [0.2, 0.25) is 5.78 Å². The molecule has 0 N–H and O–H groups in total. The first-order valence-corrected chi connectivity index (χ1v) is 10.6. The van der Waals surface area contributed by atoms with Crippen molar-refractivity contribution in [3.63, 3.8) is 0 Å². The number of carbonyl (C=O) groups excluding carboxylic acids is 2. The summed E-state index contributed by atoms with van der Waals surface area (Å²) in [6.07, 6.45) is 1.39. The molecule has 0 unspecified atom stereocenters. The lowest BCUT2D eigenvalue weighted by Gasteiger charge is -2.02. The minimum absolute atomic E-state index is 0.0444.